The van der Waals surface area contributed by atoms with E-state index in [1.165, 1.54) is 5.56 Å². The molecule has 0 amide bonds. The van der Waals surface area contributed by atoms with E-state index in [9.17, 15) is 20.4 Å². The van der Waals surface area contributed by atoms with Crippen LogP contribution in [0.25, 0.3) is 0 Å². The highest BCUT2D eigenvalue weighted by atomic mass is 16.7. The summed E-state index contributed by atoms with van der Waals surface area (Å²) in [5.74, 6) is 1.11. The maximum Gasteiger partial charge on any atom is 0.229 e. The van der Waals surface area contributed by atoms with E-state index >= 15 is 0 Å². The SMILES string of the molecule is OC[C@H]1O[C@@H](Oc2ccccc2Cc2ccc(C[C@@H]3CCOC3)cc2)[C@H](O)[C@@H](O)[C@@H]1O. The second-order valence-corrected chi connectivity index (χ2v) is 8.35. The predicted molar refractivity (Wildman–Crippen MR) is 113 cm³/mol. The molecule has 4 N–H and O–H groups in total. The van der Waals surface area contributed by atoms with E-state index in [4.69, 9.17) is 14.2 Å². The number of benzene rings is 2. The van der Waals surface area contributed by atoms with Crippen LogP contribution in [-0.4, -0.2) is 71.0 Å². The predicted octanol–water partition coefficient (Wildman–Crippen LogP) is 1.04. The fourth-order valence-corrected chi connectivity index (χ4v) is 4.15. The van der Waals surface area contributed by atoms with Gasteiger partial charge in [-0.1, -0.05) is 42.5 Å². The van der Waals surface area contributed by atoms with Crippen molar-refractivity contribution in [2.45, 2.75) is 50.0 Å². The van der Waals surface area contributed by atoms with Crippen molar-refractivity contribution in [2.24, 2.45) is 5.92 Å². The van der Waals surface area contributed by atoms with Crippen LogP contribution < -0.4 is 4.74 Å². The van der Waals surface area contributed by atoms with Crippen molar-refractivity contribution < 1.29 is 34.6 Å². The van der Waals surface area contributed by atoms with Crippen molar-refractivity contribution in [1.82, 2.24) is 0 Å². The van der Waals surface area contributed by atoms with Gasteiger partial charge in [0.05, 0.1) is 6.61 Å². The molecule has 2 saturated heterocycles. The van der Waals surface area contributed by atoms with Gasteiger partial charge in [-0.25, -0.2) is 0 Å². The minimum atomic E-state index is -1.47. The Balaban J connectivity index is 1.43. The summed E-state index contributed by atoms with van der Waals surface area (Å²) in [6.45, 7) is 1.20. The van der Waals surface area contributed by atoms with E-state index in [1.54, 1.807) is 6.07 Å². The zero-order chi connectivity index (χ0) is 21.8. The Morgan fingerprint density at radius 1 is 0.903 bits per heavy atom. The molecule has 0 saturated carbocycles. The number of ether oxygens (including phenoxy) is 3. The number of aliphatic hydroxyl groups excluding tert-OH is 4. The van der Waals surface area contributed by atoms with Crippen molar-refractivity contribution in [3.8, 4) is 5.75 Å². The lowest BCUT2D eigenvalue weighted by atomic mass is 9.96. The first-order valence-electron chi connectivity index (χ1n) is 10.8. The van der Waals surface area contributed by atoms with Crippen LogP contribution in [0.5, 0.6) is 5.75 Å². The van der Waals surface area contributed by atoms with Crippen LogP contribution in [0.1, 0.15) is 23.1 Å². The first kappa shape index (κ1) is 22.2. The Morgan fingerprint density at radius 3 is 2.35 bits per heavy atom. The number of aliphatic hydroxyl groups is 4. The second-order valence-electron chi connectivity index (χ2n) is 8.35. The molecule has 2 fully saturated rings. The summed E-state index contributed by atoms with van der Waals surface area (Å²) >= 11 is 0. The Bertz CT molecular complexity index is 832. The van der Waals surface area contributed by atoms with Crippen molar-refractivity contribution in [1.29, 1.82) is 0 Å². The molecule has 0 aromatic heterocycles. The Morgan fingerprint density at radius 2 is 1.65 bits per heavy atom. The highest BCUT2D eigenvalue weighted by Gasteiger charge is 2.44. The van der Waals surface area contributed by atoms with Crippen molar-refractivity contribution in [3.05, 3.63) is 65.2 Å². The number of rotatable bonds is 7. The van der Waals surface area contributed by atoms with Gasteiger partial charge >= 0.3 is 0 Å². The molecule has 0 radical (unpaired) electrons. The summed E-state index contributed by atoms with van der Waals surface area (Å²) in [7, 11) is 0. The molecule has 7 heteroatoms. The minimum Gasteiger partial charge on any atom is -0.462 e. The summed E-state index contributed by atoms with van der Waals surface area (Å²) in [6, 6.07) is 15.9. The van der Waals surface area contributed by atoms with E-state index < -0.39 is 37.3 Å². The summed E-state index contributed by atoms with van der Waals surface area (Å²) in [6.07, 6.45) is -3.77. The molecule has 0 spiro atoms. The van der Waals surface area contributed by atoms with Crippen LogP contribution in [-0.2, 0) is 22.3 Å². The summed E-state index contributed by atoms with van der Waals surface area (Å²) in [5, 5.41) is 39.6. The van der Waals surface area contributed by atoms with E-state index in [1.807, 2.05) is 18.2 Å². The molecule has 0 bridgehead atoms. The zero-order valence-corrected chi connectivity index (χ0v) is 17.3. The molecule has 6 atom stereocenters. The molecule has 2 aromatic carbocycles. The maximum absolute atomic E-state index is 10.3. The fourth-order valence-electron chi connectivity index (χ4n) is 4.15. The molecule has 0 unspecified atom stereocenters. The van der Waals surface area contributed by atoms with E-state index in [-0.39, 0.29) is 0 Å². The molecule has 2 aliphatic heterocycles. The third-order valence-corrected chi connectivity index (χ3v) is 6.03. The molecule has 4 rings (SSSR count). The zero-order valence-electron chi connectivity index (χ0n) is 17.3. The third-order valence-electron chi connectivity index (χ3n) is 6.03. The topological polar surface area (TPSA) is 109 Å². The molecular weight excluding hydrogens is 400 g/mol. The lowest BCUT2D eigenvalue weighted by Crippen LogP contribution is -2.60. The highest BCUT2D eigenvalue weighted by molar-refractivity contribution is 5.38. The van der Waals surface area contributed by atoms with Crippen LogP contribution in [0.2, 0.25) is 0 Å². The van der Waals surface area contributed by atoms with Crippen molar-refractivity contribution >= 4 is 0 Å². The Kier molecular flexibility index (Phi) is 7.22. The van der Waals surface area contributed by atoms with Gasteiger partial charge in [0.15, 0.2) is 0 Å². The molecule has 0 aliphatic carbocycles. The number of para-hydroxylation sites is 1. The molecule has 7 nitrogen and oxygen atoms in total. The largest absolute Gasteiger partial charge is 0.462 e. The molecule has 168 valence electrons. The number of hydrogen-bond donors (Lipinski definition) is 4. The van der Waals surface area contributed by atoms with Crippen LogP contribution in [0.3, 0.4) is 0 Å². The van der Waals surface area contributed by atoms with Gasteiger partial charge in [0.2, 0.25) is 6.29 Å². The van der Waals surface area contributed by atoms with E-state index in [0.29, 0.717) is 18.1 Å². The molecule has 31 heavy (non-hydrogen) atoms. The number of hydrogen-bond acceptors (Lipinski definition) is 7. The fraction of sp³-hybridized carbons (Fsp3) is 0.500. The first-order chi connectivity index (χ1) is 15.0. The first-order valence-corrected chi connectivity index (χ1v) is 10.8. The lowest BCUT2D eigenvalue weighted by Gasteiger charge is -2.39. The van der Waals surface area contributed by atoms with Gasteiger partial charge in [0.25, 0.3) is 0 Å². The van der Waals surface area contributed by atoms with Crippen LogP contribution in [0.15, 0.2) is 48.5 Å². The van der Waals surface area contributed by atoms with Crippen LogP contribution in [0, 0.1) is 5.92 Å². The normalized spacial score (nSPS) is 31.0. The van der Waals surface area contributed by atoms with Gasteiger partial charge in [-0.2, -0.15) is 0 Å². The molecule has 2 heterocycles. The van der Waals surface area contributed by atoms with E-state index in [2.05, 4.69) is 24.3 Å². The molecule has 2 aromatic rings. The van der Waals surface area contributed by atoms with Gasteiger partial charge in [-0.15, -0.1) is 0 Å². The summed E-state index contributed by atoms with van der Waals surface area (Å²) in [5.41, 5.74) is 3.32. The standard InChI is InChI=1S/C24H30O7/c25-13-20-21(26)22(27)23(28)24(31-20)30-19-4-2-1-3-18(19)12-16-7-5-15(6-8-16)11-17-9-10-29-14-17/h1-8,17,20-28H,9-14H2/t17-,20+,21+,22-,23+,24+/m0/s1. The van der Waals surface area contributed by atoms with Crippen LogP contribution in [0.4, 0.5) is 0 Å². The van der Waals surface area contributed by atoms with Gasteiger partial charge < -0.3 is 34.6 Å². The van der Waals surface area contributed by atoms with E-state index in [0.717, 1.165) is 37.2 Å². The van der Waals surface area contributed by atoms with Crippen molar-refractivity contribution in [2.75, 3.05) is 19.8 Å². The van der Waals surface area contributed by atoms with Gasteiger partial charge in [-0.3, -0.25) is 0 Å². The highest BCUT2D eigenvalue weighted by Crippen LogP contribution is 2.28. The Hall–Kier alpha value is -2.00. The van der Waals surface area contributed by atoms with Crippen molar-refractivity contribution in [3.63, 3.8) is 0 Å². The van der Waals surface area contributed by atoms with Gasteiger partial charge in [0.1, 0.15) is 30.2 Å². The monoisotopic (exact) mass is 430 g/mol. The summed E-state index contributed by atoms with van der Waals surface area (Å²) in [4.78, 5) is 0. The lowest BCUT2D eigenvalue weighted by molar-refractivity contribution is -0.277. The van der Waals surface area contributed by atoms with Crippen LogP contribution >= 0.6 is 0 Å². The average Bonchev–Trinajstić information content (AvgIpc) is 3.30. The Labute approximate surface area is 181 Å². The third kappa shape index (κ3) is 5.26. The smallest absolute Gasteiger partial charge is 0.229 e. The minimum absolute atomic E-state index is 0.494. The quantitative estimate of drug-likeness (QED) is 0.520. The summed E-state index contributed by atoms with van der Waals surface area (Å²) < 4.78 is 16.8. The maximum atomic E-state index is 10.3. The molecule has 2 aliphatic rings. The van der Waals surface area contributed by atoms with Gasteiger partial charge in [0, 0.05) is 19.6 Å². The average molecular weight is 430 g/mol. The second kappa shape index (κ2) is 10.1. The molecular formula is C24H30O7. The van der Waals surface area contributed by atoms with Gasteiger partial charge in [-0.05, 0) is 41.5 Å².